The molecular formula is C23H24N6O2. The van der Waals surface area contributed by atoms with Gasteiger partial charge in [-0.15, -0.1) is 0 Å². The molecule has 1 aliphatic rings. The standard InChI is InChI=1S/C20H18N6O2.C3H6/c1-3-16(25-28)17-6-12(2)15(10-22-17)14-7-13-9-23-19(24-11-27)8-18(13)26-5-4-21-20(14)26;1-2-3-1/h4-11,28H,3H2,1-2H3,(H,23,24,27);1-3H2/b25-16-;. The number of fused-ring (bicyclic) bond motifs is 3. The lowest BCUT2D eigenvalue weighted by atomic mass is 10.0. The third-order valence-electron chi connectivity index (χ3n) is 5.07. The number of nitrogens with zero attached hydrogens (tertiary/aromatic N) is 5. The third kappa shape index (κ3) is 4.23. The fraction of sp³-hybridized carbons (Fsp3) is 0.261. The Bertz CT molecular complexity index is 1270. The van der Waals surface area contributed by atoms with Crippen molar-refractivity contribution in [1.29, 1.82) is 0 Å². The SMILES string of the molecule is C1CC1.CC/C(=N/O)c1cc(C)c(-c2cc3cnc(NC=O)cc3n3ccnc23)cn1. The van der Waals surface area contributed by atoms with Crippen molar-refractivity contribution < 1.29 is 10.0 Å². The first kappa shape index (κ1) is 20.5. The Hall–Kier alpha value is -3.81. The molecule has 0 radical (unpaired) electrons. The van der Waals surface area contributed by atoms with E-state index in [2.05, 4.69) is 25.4 Å². The highest BCUT2D eigenvalue weighted by Crippen LogP contribution is 2.31. The summed E-state index contributed by atoms with van der Waals surface area (Å²) in [6.07, 6.45) is 12.8. The van der Waals surface area contributed by atoms with Crippen LogP contribution in [0.15, 0.2) is 48.1 Å². The molecule has 4 heterocycles. The molecule has 1 fully saturated rings. The van der Waals surface area contributed by atoms with Gasteiger partial charge in [0.1, 0.15) is 17.2 Å². The normalized spacial score (nSPS) is 13.0. The van der Waals surface area contributed by atoms with Crippen LogP contribution in [0.25, 0.3) is 27.7 Å². The van der Waals surface area contributed by atoms with Crippen LogP contribution in [0.3, 0.4) is 0 Å². The molecule has 0 aromatic carbocycles. The Morgan fingerprint density at radius 1 is 1.16 bits per heavy atom. The lowest BCUT2D eigenvalue weighted by molar-refractivity contribution is -0.105. The zero-order valence-electron chi connectivity index (χ0n) is 17.5. The Kier molecular flexibility index (Phi) is 5.88. The van der Waals surface area contributed by atoms with Crippen LogP contribution in [0.2, 0.25) is 0 Å². The van der Waals surface area contributed by atoms with E-state index in [1.165, 1.54) is 19.3 Å². The van der Waals surface area contributed by atoms with Gasteiger partial charge in [-0.3, -0.25) is 14.2 Å². The van der Waals surface area contributed by atoms with Crippen molar-refractivity contribution in [2.45, 2.75) is 39.5 Å². The molecule has 8 nitrogen and oxygen atoms in total. The summed E-state index contributed by atoms with van der Waals surface area (Å²) in [6, 6.07) is 5.73. The van der Waals surface area contributed by atoms with E-state index in [-0.39, 0.29) is 0 Å². The second-order valence-electron chi connectivity index (χ2n) is 7.41. The molecule has 0 saturated heterocycles. The van der Waals surface area contributed by atoms with Gasteiger partial charge in [0.15, 0.2) is 0 Å². The summed E-state index contributed by atoms with van der Waals surface area (Å²) in [5.41, 5.74) is 5.71. The van der Waals surface area contributed by atoms with Crippen molar-refractivity contribution in [3.63, 3.8) is 0 Å². The van der Waals surface area contributed by atoms with Crippen LogP contribution in [0, 0.1) is 6.92 Å². The molecular weight excluding hydrogens is 392 g/mol. The van der Waals surface area contributed by atoms with Crippen molar-refractivity contribution in [3.8, 4) is 11.1 Å². The molecule has 8 heteroatoms. The van der Waals surface area contributed by atoms with E-state index in [0.717, 1.165) is 33.2 Å². The summed E-state index contributed by atoms with van der Waals surface area (Å²) in [7, 11) is 0. The molecule has 0 bridgehead atoms. The second kappa shape index (κ2) is 8.91. The highest BCUT2D eigenvalue weighted by molar-refractivity contribution is 5.99. The van der Waals surface area contributed by atoms with E-state index in [4.69, 9.17) is 5.21 Å². The van der Waals surface area contributed by atoms with Crippen LogP contribution < -0.4 is 5.32 Å². The molecule has 2 N–H and O–H groups in total. The molecule has 0 unspecified atom stereocenters. The number of aryl methyl sites for hydroxylation is 1. The molecule has 31 heavy (non-hydrogen) atoms. The van der Waals surface area contributed by atoms with Gasteiger partial charge in [-0.1, -0.05) is 31.3 Å². The van der Waals surface area contributed by atoms with Gasteiger partial charge in [-0.2, -0.15) is 0 Å². The number of oxime groups is 1. The Balaban J connectivity index is 0.000000710. The number of nitrogens with one attached hydrogen (secondary N) is 1. The number of carbonyl (C=O) groups excluding carboxylic acids is 1. The first-order valence-corrected chi connectivity index (χ1v) is 10.3. The molecule has 4 aromatic rings. The maximum absolute atomic E-state index is 10.7. The number of rotatable bonds is 5. The van der Waals surface area contributed by atoms with Crippen molar-refractivity contribution in [2.75, 3.05) is 5.32 Å². The van der Waals surface area contributed by atoms with E-state index in [1.54, 1.807) is 18.6 Å². The van der Waals surface area contributed by atoms with Crippen molar-refractivity contribution in [2.24, 2.45) is 5.16 Å². The maximum Gasteiger partial charge on any atom is 0.212 e. The topological polar surface area (TPSA) is 105 Å². The molecule has 1 saturated carbocycles. The van der Waals surface area contributed by atoms with Crippen LogP contribution >= 0.6 is 0 Å². The van der Waals surface area contributed by atoms with Crippen molar-refractivity contribution in [1.82, 2.24) is 19.4 Å². The minimum atomic E-state index is 0.475. The van der Waals surface area contributed by atoms with Crippen LogP contribution in [-0.4, -0.2) is 36.7 Å². The van der Waals surface area contributed by atoms with E-state index in [1.807, 2.05) is 42.6 Å². The smallest absolute Gasteiger partial charge is 0.212 e. The van der Waals surface area contributed by atoms with Gasteiger partial charge in [-0.05, 0) is 31.0 Å². The number of imidazole rings is 1. The van der Waals surface area contributed by atoms with E-state index >= 15 is 0 Å². The molecule has 158 valence electrons. The zero-order chi connectivity index (χ0) is 21.8. The van der Waals surface area contributed by atoms with Gasteiger partial charge in [0.25, 0.3) is 0 Å². The molecule has 4 aromatic heterocycles. The number of carbonyl (C=O) groups is 1. The third-order valence-corrected chi connectivity index (χ3v) is 5.07. The van der Waals surface area contributed by atoms with Crippen LogP contribution in [0.4, 0.5) is 5.82 Å². The molecule has 0 atom stereocenters. The van der Waals surface area contributed by atoms with E-state index in [0.29, 0.717) is 30.1 Å². The quantitative estimate of drug-likeness (QED) is 0.214. The van der Waals surface area contributed by atoms with E-state index < -0.39 is 0 Å². The highest BCUT2D eigenvalue weighted by atomic mass is 16.4. The molecule has 0 spiro atoms. The average Bonchev–Trinajstić information content (AvgIpc) is 3.58. The number of hydrogen-bond acceptors (Lipinski definition) is 6. The van der Waals surface area contributed by atoms with Gasteiger partial charge in [0.2, 0.25) is 6.41 Å². The highest BCUT2D eigenvalue weighted by Gasteiger charge is 2.14. The first-order chi connectivity index (χ1) is 15.2. The van der Waals surface area contributed by atoms with Gasteiger partial charge in [-0.25, -0.2) is 9.97 Å². The number of hydrogen-bond donors (Lipinski definition) is 2. The van der Waals surface area contributed by atoms with Crippen LogP contribution in [0.1, 0.15) is 43.9 Å². The molecule has 1 amide bonds. The van der Waals surface area contributed by atoms with Gasteiger partial charge in [0.05, 0.1) is 11.2 Å². The predicted octanol–water partition coefficient (Wildman–Crippen LogP) is 4.58. The summed E-state index contributed by atoms with van der Waals surface area (Å²) < 4.78 is 1.96. The summed E-state index contributed by atoms with van der Waals surface area (Å²) in [5.74, 6) is 0.475. The zero-order valence-corrected chi connectivity index (χ0v) is 17.5. The fourth-order valence-corrected chi connectivity index (χ4v) is 3.33. The fourth-order valence-electron chi connectivity index (χ4n) is 3.33. The average molecular weight is 416 g/mol. The van der Waals surface area contributed by atoms with Gasteiger partial charge in [0, 0.05) is 47.4 Å². The maximum atomic E-state index is 10.7. The molecule has 0 aliphatic heterocycles. The first-order valence-electron chi connectivity index (χ1n) is 10.3. The van der Waals surface area contributed by atoms with Crippen molar-refractivity contribution >= 4 is 34.5 Å². The monoisotopic (exact) mass is 416 g/mol. The Morgan fingerprint density at radius 2 is 1.97 bits per heavy atom. The van der Waals surface area contributed by atoms with E-state index in [9.17, 15) is 4.79 Å². The lowest BCUT2D eigenvalue weighted by Gasteiger charge is -2.12. The molecule has 1 aliphatic carbocycles. The largest absolute Gasteiger partial charge is 0.411 e. The lowest BCUT2D eigenvalue weighted by Crippen LogP contribution is -2.04. The Morgan fingerprint density at radius 3 is 2.61 bits per heavy atom. The second-order valence-corrected chi connectivity index (χ2v) is 7.41. The number of aromatic nitrogens is 4. The summed E-state index contributed by atoms with van der Waals surface area (Å²) in [4.78, 5) is 24.0. The predicted molar refractivity (Wildman–Crippen MR) is 121 cm³/mol. The Labute approximate surface area is 179 Å². The summed E-state index contributed by atoms with van der Waals surface area (Å²) in [5, 5.41) is 16.0. The van der Waals surface area contributed by atoms with Crippen LogP contribution in [0.5, 0.6) is 0 Å². The minimum absolute atomic E-state index is 0.475. The number of pyridine rings is 3. The van der Waals surface area contributed by atoms with Crippen LogP contribution in [-0.2, 0) is 4.79 Å². The molecule has 5 rings (SSSR count). The minimum Gasteiger partial charge on any atom is -0.411 e. The van der Waals surface area contributed by atoms with Crippen molar-refractivity contribution in [3.05, 3.63) is 54.2 Å². The number of amides is 1. The van der Waals surface area contributed by atoms with Gasteiger partial charge < -0.3 is 10.5 Å². The summed E-state index contributed by atoms with van der Waals surface area (Å²) >= 11 is 0. The summed E-state index contributed by atoms with van der Waals surface area (Å²) in [6.45, 7) is 3.91. The van der Waals surface area contributed by atoms with Gasteiger partial charge >= 0.3 is 0 Å². The number of anilines is 1.